The molecule has 0 amide bonds. The first kappa shape index (κ1) is 27.3. The van der Waals surface area contributed by atoms with Gasteiger partial charge in [-0.3, -0.25) is 15.1 Å². The summed E-state index contributed by atoms with van der Waals surface area (Å²) in [6.45, 7) is 5.60. The Labute approximate surface area is 202 Å². The number of pyridine rings is 1. The van der Waals surface area contributed by atoms with Gasteiger partial charge in [0, 0.05) is 49.2 Å². The van der Waals surface area contributed by atoms with Crippen molar-refractivity contribution in [1.29, 1.82) is 0 Å². The van der Waals surface area contributed by atoms with Gasteiger partial charge in [0.25, 0.3) is 5.69 Å². The van der Waals surface area contributed by atoms with E-state index >= 15 is 0 Å². The van der Waals surface area contributed by atoms with E-state index in [0.29, 0.717) is 5.56 Å². The molecule has 1 radical (unpaired) electrons. The normalized spacial score (nSPS) is 10.7. The summed E-state index contributed by atoms with van der Waals surface area (Å²) >= 11 is 0. The van der Waals surface area contributed by atoms with E-state index in [0.717, 1.165) is 18.8 Å². The van der Waals surface area contributed by atoms with Crippen LogP contribution in [0.4, 0.5) is 11.4 Å². The SMILES string of the molecule is CCN(CC)c1ccc(/C=N/N=C(\[O-])c2ccc([N+](=O)[O-])cc2)c([O-])c1.[Cu+2].c1ccncc1. The Kier molecular flexibility index (Phi) is 11.9. The van der Waals surface area contributed by atoms with Gasteiger partial charge in [-0.1, -0.05) is 17.9 Å². The van der Waals surface area contributed by atoms with E-state index in [2.05, 4.69) is 15.2 Å². The van der Waals surface area contributed by atoms with Crippen molar-refractivity contribution < 1.29 is 32.2 Å². The predicted molar refractivity (Wildman–Crippen MR) is 121 cm³/mol. The molecule has 0 unspecified atom stereocenters. The fraction of sp³-hybridized carbons (Fsp3) is 0.174. The maximum Gasteiger partial charge on any atom is 2.00 e. The minimum absolute atomic E-state index is 0. The monoisotopic (exact) mass is 496 g/mol. The number of nitro groups is 1. The van der Waals surface area contributed by atoms with Crippen LogP contribution in [-0.2, 0) is 17.1 Å². The Morgan fingerprint density at radius 3 is 2.15 bits per heavy atom. The maximum atomic E-state index is 12.1. The van der Waals surface area contributed by atoms with Gasteiger partial charge >= 0.3 is 17.1 Å². The zero-order valence-electron chi connectivity index (χ0n) is 18.1. The van der Waals surface area contributed by atoms with Crippen molar-refractivity contribution in [3.63, 3.8) is 0 Å². The Hall–Kier alpha value is -3.75. The molecule has 0 aliphatic rings. The van der Waals surface area contributed by atoms with E-state index in [4.69, 9.17) is 0 Å². The van der Waals surface area contributed by atoms with Gasteiger partial charge < -0.3 is 15.1 Å². The second kappa shape index (κ2) is 14.3. The van der Waals surface area contributed by atoms with Crippen LogP contribution in [-0.4, -0.2) is 35.1 Å². The molecule has 3 rings (SSSR count). The Morgan fingerprint density at radius 2 is 1.70 bits per heavy atom. The number of aromatic nitrogens is 1. The molecule has 0 N–H and O–H groups in total. The molecule has 0 atom stereocenters. The molecule has 0 saturated carbocycles. The molecular weight excluding hydrogens is 474 g/mol. The summed E-state index contributed by atoms with van der Waals surface area (Å²) in [5.74, 6) is -0.862. The van der Waals surface area contributed by atoms with Gasteiger partial charge in [0.2, 0.25) is 0 Å². The number of rotatable bonds is 7. The predicted octanol–water partition coefficient (Wildman–Crippen LogP) is 2.73. The third-order valence-electron chi connectivity index (χ3n) is 4.36. The summed E-state index contributed by atoms with van der Waals surface area (Å²) in [6.07, 6.45) is 4.72. The van der Waals surface area contributed by atoms with Gasteiger partial charge in [0.05, 0.1) is 11.1 Å². The van der Waals surface area contributed by atoms with Crippen molar-refractivity contribution in [3.8, 4) is 5.75 Å². The smallest absolute Gasteiger partial charge is 0.872 e. The minimum atomic E-state index is -0.650. The molecule has 33 heavy (non-hydrogen) atoms. The number of nitro benzene ring substituents is 1. The van der Waals surface area contributed by atoms with Gasteiger partial charge in [-0.05, 0) is 61.4 Å². The Balaban J connectivity index is 0.000000673. The van der Waals surface area contributed by atoms with Crippen molar-refractivity contribution >= 4 is 23.5 Å². The van der Waals surface area contributed by atoms with Gasteiger partial charge in [-0.2, -0.15) is 10.2 Å². The van der Waals surface area contributed by atoms with Crippen molar-refractivity contribution in [1.82, 2.24) is 4.98 Å². The molecule has 10 heteroatoms. The molecular formula is C23H23CuN5O4. The summed E-state index contributed by atoms with van der Waals surface area (Å²) in [5.41, 5.74) is 1.21. The standard InChI is InChI=1S/C18H20N4O4.C5H5N.Cu/c1-3-21(4-2)16-10-7-14(17(23)11-16)12-19-20-18(24)13-5-8-15(9-6-13)22(25)26;1-2-4-6-5-3-1;/h5-12,23H,3-4H2,1-2H3,(H,20,24);1-5H;/q;;+2/p-2/b19-12+;;. The van der Waals surface area contributed by atoms with Crippen LogP contribution < -0.4 is 15.1 Å². The zero-order valence-corrected chi connectivity index (χ0v) is 19.0. The summed E-state index contributed by atoms with van der Waals surface area (Å²) in [7, 11) is 0. The first-order chi connectivity index (χ1) is 15.5. The maximum absolute atomic E-state index is 12.1. The molecule has 9 nitrogen and oxygen atoms in total. The van der Waals surface area contributed by atoms with Crippen molar-refractivity contribution in [3.05, 3.63) is 94.3 Å². The minimum Gasteiger partial charge on any atom is -0.872 e. The summed E-state index contributed by atoms with van der Waals surface area (Å²) in [4.78, 5) is 15.9. The van der Waals surface area contributed by atoms with Crippen LogP contribution in [0.25, 0.3) is 0 Å². The fourth-order valence-corrected chi connectivity index (χ4v) is 2.65. The fourth-order valence-electron chi connectivity index (χ4n) is 2.65. The average Bonchev–Trinajstić information content (AvgIpc) is 2.82. The van der Waals surface area contributed by atoms with Crippen LogP contribution in [0.1, 0.15) is 25.0 Å². The Bertz CT molecular complexity index is 1030. The molecule has 0 fully saturated rings. The van der Waals surface area contributed by atoms with E-state index < -0.39 is 10.8 Å². The number of hydrogen-bond acceptors (Lipinski definition) is 8. The summed E-state index contributed by atoms with van der Waals surface area (Å²) in [6, 6.07) is 15.7. The van der Waals surface area contributed by atoms with Crippen LogP contribution in [0.2, 0.25) is 0 Å². The number of anilines is 1. The molecule has 0 aliphatic carbocycles. The zero-order chi connectivity index (χ0) is 23.3. The van der Waals surface area contributed by atoms with E-state index in [-0.39, 0.29) is 34.1 Å². The third kappa shape index (κ3) is 8.72. The Morgan fingerprint density at radius 1 is 1.06 bits per heavy atom. The molecule has 2 aromatic carbocycles. The van der Waals surface area contributed by atoms with Crippen LogP contribution in [0.15, 0.2) is 83.3 Å². The molecule has 3 aromatic rings. The quantitative estimate of drug-likeness (QED) is 0.162. The molecule has 0 bridgehead atoms. The summed E-state index contributed by atoms with van der Waals surface area (Å²) < 4.78 is 0. The number of nitrogens with zero attached hydrogens (tertiary/aromatic N) is 5. The van der Waals surface area contributed by atoms with Crippen LogP contribution in [0.3, 0.4) is 0 Å². The first-order valence-electron chi connectivity index (χ1n) is 9.90. The van der Waals surface area contributed by atoms with E-state index in [1.54, 1.807) is 18.5 Å². The first-order valence-corrected chi connectivity index (χ1v) is 9.90. The molecule has 1 aromatic heterocycles. The molecule has 0 spiro atoms. The molecule has 175 valence electrons. The van der Waals surface area contributed by atoms with Gasteiger partial charge in [-0.25, -0.2) is 0 Å². The second-order valence-electron chi connectivity index (χ2n) is 6.37. The molecule has 1 heterocycles. The van der Waals surface area contributed by atoms with Crippen LogP contribution >= 0.6 is 0 Å². The van der Waals surface area contributed by atoms with E-state index in [1.165, 1.54) is 36.5 Å². The van der Waals surface area contributed by atoms with Crippen LogP contribution in [0.5, 0.6) is 5.75 Å². The van der Waals surface area contributed by atoms with Crippen molar-refractivity contribution in [2.45, 2.75) is 13.8 Å². The average molecular weight is 497 g/mol. The van der Waals surface area contributed by atoms with Crippen molar-refractivity contribution in [2.75, 3.05) is 18.0 Å². The number of hydrogen-bond donors (Lipinski definition) is 0. The topological polar surface area (TPSA) is 130 Å². The van der Waals surface area contributed by atoms with Crippen LogP contribution in [0, 0.1) is 10.1 Å². The third-order valence-corrected chi connectivity index (χ3v) is 4.36. The number of benzene rings is 2. The summed E-state index contributed by atoms with van der Waals surface area (Å²) in [5, 5.41) is 41.8. The van der Waals surface area contributed by atoms with Gasteiger partial charge in [0.1, 0.15) is 0 Å². The molecule has 0 aliphatic heterocycles. The van der Waals surface area contributed by atoms with Gasteiger partial charge in [-0.15, -0.1) is 0 Å². The van der Waals surface area contributed by atoms with Crippen molar-refractivity contribution in [2.24, 2.45) is 10.2 Å². The number of non-ortho nitro benzene ring substituents is 1. The van der Waals surface area contributed by atoms with E-state index in [1.807, 2.05) is 43.0 Å². The molecule has 0 saturated heterocycles. The second-order valence-corrected chi connectivity index (χ2v) is 6.37. The largest absolute Gasteiger partial charge is 2.00 e. The van der Waals surface area contributed by atoms with E-state index in [9.17, 15) is 20.3 Å². The van der Waals surface area contributed by atoms with Gasteiger partial charge in [0.15, 0.2) is 0 Å².